The van der Waals surface area contributed by atoms with Crippen molar-refractivity contribution in [2.45, 2.75) is 13.0 Å². The van der Waals surface area contributed by atoms with Crippen LogP contribution in [0.15, 0.2) is 60.7 Å². The van der Waals surface area contributed by atoms with Gasteiger partial charge in [-0.3, -0.25) is 10.1 Å². The van der Waals surface area contributed by atoms with Crippen molar-refractivity contribution in [3.8, 4) is 0 Å². The van der Waals surface area contributed by atoms with Gasteiger partial charge in [0.05, 0.1) is 11.0 Å². The Morgan fingerprint density at radius 2 is 1.77 bits per heavy atom. The zero-order valence-corrected chi connectivity index (χ0v) is 12.2. The van der Waals surface area contributed by atoms with E-state index in [0.29, 0.717) is 0 Å². The molecule has 1 atom stereocenters. The average Bonchev–Trinajstić information content (AvgIpc) is 2.53. The summed E-state index contributed by atoms with van der Waals surface area (Å²) in [6.45, 7) is 1.84. The number of benzene rings is 3. The van der Waals surface area contributed by atoms with Gasteiger partial charge in [-0.2, -0.15) is 0 Å². The molecular formula is C18H16N2O2. The highest BCUT2D eigenvalue weighted by atomic mass is 16.6. The lowest BCUT2D eigenvalue weighted by atomic mass is 9.93. The Bertz CT molecular complexity index is 853. The third-order valence-electron chi connectivity index (χ3n) is 3.81. The van der Waals surface area contributed by atoms with E-state index in [4.69, 9.17) is 5.73 Å². The number of hydrogen-bond donors (Lipinski definition) is 1. The molecule has 4 nitrogen and oxygen atoms in total. The maximum absolute atomic E-state index is 11.0. The van der Waals surface area contributed by atoms with Gasteiger partial charge in [-0.15, -0.1) is 0 Å². The molecule has 22 heavy (non-hydrogen) atoms. The SMILES string of the molecule is Cc1cc(C(N)c2cccc3ccccc23)cc([N+](=O)[O-])c1. The third-order valence-corrected chi connectivity index (χ3v) is 3.81. The lowest BCUT2D eigenvalue weighted by Gasteiger charge is -2.16. The number of nitrogens with zero attached hydrogens (tertiary/aromatic N) is 1. The first-order valence-corrected chi connectivity index (χ1v) is 7.05. The summed E-state index contributed by atoms with van der Waals surface area (Å²) in [4.78, 5) is 10.7. The number of non-ortho nitro benzene ring substituents is 1. The van der Waals surface area contributed by atoms with E-state index in [0.717, 1.165) is 27.5 Å². The van der Waals surface area contributed by atoms with Gasteiger partial charge in [0.2, 0.25) is 0 Å². The summed E-state index contributed by atoms with van der Waals surface area (Å²) in [5.74, 6) is 0. The highest BCUT2D eigenvalue weighted by Gasteiger charge is 2.16. The Morgan fingerprint density at radius 1 is 1.05 bits per heavy atom. The van der Waals surface area contributed by atoms with Crippen LogP contribution in [0.4, 0.5) is 5.69 Å². The molecule has 0 spiro atoms. The predicted molar refractivity (Wildman–Crippen MR) is 87.8 cm³/mol. The largest absolute Gasteiger partial charge is 0.320 e. The van der Waals surface area contributed by atoms with Crippen molar-refractivity contribution >= 4 is 16.5 Å². The van der Waals surface area contributed by atoms with Crippen molar-refractivity contribution in [1.82, 2.24) is 0 Å². The molecule has 0 aliphatic carbocycles. The number of hydrogen-bond acceptors (Lipinski definition) is 3. The smallest absolute Gasteiger partial charge is 0.270 e. The van der Waals surface area contributed by atoms with Crippen LogP contribution in [0.5, 0.6) is 0 Å². The van der Waals surface area contributed by atoms with E-state index < -0.39 is 6.04 Å². The lowest BCUT2D eigenvalue weighted by molar-refractivity contribution is -0.385. The topological polar surface area (TPSA) is 69.2 Å². The molecule has 0 saturated carbocycles. The second kappa shape index (κ2) is 5.58. The highest BCUT2D eigenvalue weighted by molar-refractivity contribution is 5.86. The van der Waals surface area contributed by atoms with Crippen LogP contribution in [0.25, 0.3) is 10.8 Å². The Balaban J connectivity index is 2.14. The second-order valence-corrected chi connectivity index (χ2v) is 5.41. The van der Waals surface area contributed by atoms with Gasteiger partial charge in [-0.1, -0.05) is 48.5 Å². The molecule has 0 bridgehead atoms. The molecule has 3 aromatic carbocycles. The summed E-state index contributed by atoms with van der Waals surface area (Å²) in [5, 5.41) is 13.2. The molecule has 3 rings (SSSR count). The highest BCUT2D eigenvalue weighted by Crippen LogP contribution is 2.29. The van der Waals surface area contributed by atoms with Gasteiger partial charge in [0.25, 0.3) is 5.69 Å². The van der Waals surface area contributed by atoms with Crippen LogP contribution in [0.2, 0.25) is 0 Å². The van der Waals surface area contributed by atoms with Crippen molar-refractivity contribution < 1.29 is 4.92 Å². The summed E-state index contributed by atoms with van der Waals surface area (Å²) in [7, 11) is 0. The molecule has 3 aromatic rings. The number of fused-ring (bicyclic) bond motifs is 1. The van der Waals surface area contributed by atoms with Crippen LogP contribution < -0.4 is 5.73 Å². The van der Waals surface area contributed by atoms with Gasteiger partial charge in [-0.25, -0.2) is 0 Å². The van der Waals surface area contributed by atoms with Crippen molar-refractivity contribution in [3.63, 3.8) is 0 Å². The quantitative estimate of drug-likeness (QED) is 0.583. The minimum absolute atomic E-state index is 0.0747. The van der Waals surface area contributed by atoms with Gasteiger partial charge in [0.1, 0.15) is 0 Å². The van der Waals surface area contributed by atoms with Crippen LogP contribution in [0, 0.1) is 17.0 Å². The molecule has 0 heterocycles. The fraction of sp³-hybridized carbons (Fsp3) is 0.111. The van der Waals surface area contributed by atoms with E-state index in [9.17, 15) is 10.1 Å². The van der Waals surface area contributed by atoms with E-state index in [2.05, 4.69) is 0 Å². The minimum atomic E-state index is -0.398. The van der Waals surface area contributed by atoms with Gasteiger partial charge in [-0.05, 0) is 34.4 Å². The number of aryl methyl sites for hydroxylation is 1. The van der Waals surface area contributed by atoms with Crippen LogP contribution in [0.3, 0.4) is 0 Å². The lowest BCUT2D eigenvalue weighted by Crippen LogP contribution is -2.13. The zero-order valence-electron chi connectivity index (χ0n) is 12.2. The molecule has 2 N–H and O–H groups in total. The molecule has 0 amide bonds. The molecular weight excluding hydrogens is 276 g/mol. The van der Waals surface area contributed by atoms with Crippen molar-refractivity contribution in [1.29, 1.82) is 0 Å². The Labute approximate surface area is 128 Å². The first-order valence-electron chi connectivity index (χ1n) is 7.05. The summed E-state index contributed by atoms with van der Waals surface area (Å²) >= 11 is 0. The van der Waals surface area contributed by atoms with Crippen LogP contribution in [-0.2, 0) is 0 Å². The molecule has 1 unspecified atom stereocenters. The molecule has 0 fully saturated rings. The van der Waals surface area contributed by atoms with Gasteiger partial charge >= 0.3 is 0 Å². The number of nitrogens with two attached hydrogens (primary N) is 1. The molecule has 4 heteroatoms. The molecule has 0 aliphatic heterocycles. The first-order chi connectivity index (χ1) is 10.6. The monoisotopic (exact) mass is 292 g/mol. The molecule has 0 saturated heterocycles. The number of rotatable bonds is 3. The van der Waals surface area contributed by atoms with E-state index in [-0.39, 0.29) is 10.6 Å². The Hall–Kier alpha value is -2.72. The fourth-order valence-electron chi connectivity index (χ4n) is 2.78. The van der Waals surface area contributed by atoms with Crippen LogP contribution in [-0.4, -0.2) is 4.92 Å². The van der Waals surface area contributed by atoms with Gasteiger partial charge < -0.3 is 5.73 Å². The second-order valence-electron chi connectivity index (χ2n) is 5.41. The molecule has 110 valence electrons. The number of nitro groups is 1. The van der Waals surface area contributed by atoms with Crippen molar-refractivity contribution in [3.05, 3.63) is 87.5 Å². The summed E-state index contributed by atoms with van der Waals surface area (Å²) < 4.78 is 0. The molecule has 0 aliphatic rings. The van der Waals surface area contributed by atoms with E-state index in [1.165, 1.54) is 0 Å². The molecule has 0 aromatic heterocycles. The summed E-state index contributed by atoms with van der Waals surface area (Å²) in [6.07, 6.45) is 0. The number of nitro benzene ring substituents is 1. The van der Waals surface area contributed by atoms with E-state index >= 15 is 0 Å². The molecule has 0 radical (unpaired) electrons. The Morgan fingerprint density at radius 3 is 2.55 bits per heavy atom. The summed E-state index contributed by atoms with van der Waals surface area (Å²) in [5.41, 5.74) is 9.03. The third kappa shape index (κ3) is 2.56. The van der Waals surface area contributed by atoms with Crippen LogP contribution in [0.1, 0.15) is 22.7 Å². The average molecular weight is 292 g/mol. The first kappa shape index (κ1) is 14.2. The van der Waals surface area contributed by atoms with Crippen LogP contribution >= 0.6 is 0 Å². The maximum atomic E-state index is 11.0. The van der Waals surface area contributed by atoms with Gasteiger partial charge in [0.15, 0.2) is 0 Å². The predicted octanol–water partition coefficient (Wildman–Crippen LogP) is 4.10. The maximum Gasteiger partial charge on any atom is 0.270 e. The standard InChI is InChI=1S/C18H16N2O2/c1-12-9-14(11-15(10-12)20(21)22)18(19)17-8-4-6-13-5-2-3-7-16(13)17/h2-11,18H,19H2,1H3. The van der Waals surface area contributed by atoms with Gasteiger partial charge in [0, 0.05) is 12.1 Å². The fourth-order valence-corrected chi connectivity index (χ4v) is 2.78. The Kier molecular flexibility index (Phi) is 3.61. The normalized spacial score (nSPS) is 12.3. The van der Waals surface area contributed by atoms with Crippen molar-refractivity contribution in [2.24, 2.45) is 5.73 Å². The van der Waals surface area contributed by atoms with E-state index in [1.54, 1.807) is 12.1 Å². The zero-order chi connectivity index (χ0) is 15.7. The minimum Gasteiger partial charge on any atom is -0.320 e. The van der Waals surface area contributed by atoms with Crippen molar-refractivity contribution in [2.75, 3.05) is 0 Å². The van der Waals surface area contributed by atoms with E-state index in [1.807, 2.05) is 55.5 Å². The summed E-state index contributed by atoms with van der Waals surface area (Å²) in [6, 6.07) is 18.6.